The lowest BCUT2D eigenvalue weighted by Gasteiger charge is -2.52. The second-order valence-electron chi connectivity index (χ2n) is 4.88. The van der Waals surface area contributed by atoms with Crippen LogP contribution in [0.3, 0.4) is 0 Å². The summed E-state index contributed by atoms with van der Waals surface area (Å²) in [5, 5.41) is 4.04. The molecule has 1 aromatic rings. The Morgan fingerprint density at radius 3 is 3.06 bits per heavy atom. The fourth-order valence-corrected chi connectivity index (χ4v) is 2.78. The SMILES string of the molecule is C/C=C/Cc1noc(C23CCCN(C2)C3)n1. The Morgan fingerprint density at radius 1 is 1.50 bits per heavy atom. The molecule has 2 bridgehead atoms. The molecule has 0 aromatic carbocycles. The highest BCUT2D eigenvalue weighted by molar-refractivity contribution is 5.17. The van der Waals surface area contributed by atoms with E-state index in [4.69, 9.17) is 4.52 Å². The van der Waals surface area contributed by atoms with E-state index in [-0.39, 0.29) is 5.41 Å². The van der Waals surface area contributed by atoms with Crippen molar-refractivity contribution < 1.29 is 4.52 Å². The summed E-state index contributed by atoms with van der Waals surface area (Å²) >= 11 is 0. The van der Waals surface area contributed by atoms with E-state index in [1.165, 1.54) is 19.4 Å². The molecule has 3 fully saturated rings. The van der Waals surface area contributed by atoms with Crippen molar-refractivity contribution in [2.45, 2.75) is 31.6 Å². The number of hydrogen-bond acceptors (Lipinski definition) is 4. The van der Waals surface area contributed by atoms with E-state index in [9.17, 15) is 0 Å². The van der Waals surface area contributed by atoms with E-state index in [1.54, 1.807) is 0 Å². The fraction of sp³-hybridized carbons (Fsp3) is 0.667. The lowest BCUT2D eigenvalue weighted by Crippen LogP contribution is -2.63. The summed E-state index contributed by atoms with van der Waals surface area (Å²) in [5.74, 6) is 1.68. The molecule has 0 aliphatic carbocycles. The molecule has 0 saturated carbocycles. The molecule has 1 aromatic heterocycles. The minimum atomic E-state index is 0.194. The number of allylic oxidation sites excluding steroid dienone is 2. The Labute approximate surface area is 95.3 Å². The molecule has 4 nitrogen and oxygen atoms in total. The highest BCUT2D eigenvalue weighted by Crippen LogP contribution is 2.41. The van der Waals surface area contributed by atoms with E-state index in [1.807, 2.05) is 13.0 Å². The summed E-state index contributed by atoms with van der Waals surface area (Å²) in [6, 6.07) is 0. The quantitative estimate of drug-likeness (QED) is 0.723. The molecule has 0 radical (unpaired) electrons. The van der Waals surface area contributed by atoms with Crippen LogP contribution >= 0.6 is 0 Å². The lowest BCUT2D eigenvalue weighted by molar-refractivity contribution is -0.00680. The molecule has 0 spiro atoms. The maximum absolute atomic E-state index is 5.42. The summed E-state index contributed by atoms with van der Waals surface area (Å²) < 4.78 is 5.42. The minimum Gasteiger partial charge on any atom is -0.339 e. The molecule has 3 aliphatic rings. The number of fused-ring (bicyclic) bond motifs is 2. The Hall–Kier alpha value is -1.16. The predicted molar refractivity (Wildman–Crippen MR) is 60.2 cm³/mol. The number of rotatable bonds is 3. The van der Waals surface area contributed by atoms with Gasteiger partial charge in [-0.3, -0.25) is 0 Å². The Kier molecular flexibility index (Phi) is 2.32. The number of hydrogen-bond donors (Lipinski definition) is 0. The summed E-state index contributed by atoms with van der Waals surface area (Å²) in [6.07, 6.45) is 7.31. The first-order valence-electron chi connectivity index (χ1n) is 5.99. The summed E-state index contributed by atoms with van der Waals surface area (Å²) in [5.41, 5.74) is 0.194. The van der Waals surface area contributed by atoms with Crippen LogP contribution < -0.4 is 0 Å². The van der Waals surface area contributed by atoms with Crippen molar-refractivity contribution in [3.63, 3.8) is 0 Å². The van der Waals surface area contributed by atoms with Gasteiger partial charge in [-0.05, 0) is 26.3 Å². The van der Waals surface area contributed by atoms with Crippen molar-refractivity contribution in [1.29, 1.82) is 0 Å². The average molecular weight is 219 g/mol. The van der Waals surface area contributed by atoms with Gasteiger partial charge in [0.2, 0.25) is 5.89 Å². The Balaban J connectivity index is 1.77. The van der Waals surface area contributed by atoms with Crippen LogP contribution in [0.5, 0.6) is 0 Å². The molecule has 4 rings (SSSR count). The van der Waals surface area contributed by atoms with Crippen LogP contribution in [0.25, 0.3) is 0 Å². The van der Waals surface area contributed by atoms with Gasteiger partial charge >= 0.3 is 0 Å². The monoisotopic (exact) mass is 219 g/mol. The molecular formula is C12H17N3O. The van der Waals surface area contributed by atoms with Crippen LogP contribution in [-0.4, -0.2) is 34.7 Å². The van der Waals surface area contributed by atoms with Crippen molar-refractivity contribution >= 4 is 0 Å². The first kappa shape index (κ1) is 10.0. The van der Waals surface area contributed by atoms with Crippen LogP contribution in [0.15, 0.2) is 16.7 Å². The molecule has 3 saturated heterocycles. The molecule has 16 heavy (non-hydrogen) atoms. The fourth-order valence-electron chi connectivity index (χ4n) is 2.78. The molecule has 3 aliphatic heterocycles. The van der Waals surface area contributed by atoms with Crippen LogP contribution in [0.1, 0.15) is 31.5 Å². The smallest absolute Gasteiger partial charge is 0.235 e. The van der Waals surface area contributed by atoms with Crippen molar-refractivity contribution in [2.24, 2.45) is 0 Å². The zero-order valence-electron chi connectivity index (χ0n) is 9.65. The van der Waals surface area contributed by atoms with Gasteiger partial charge < -0.3 is 9.42 Å². The van der Waals surface area contributed by atoms with Gasteiger partial charge in [0.05, 0.1) is 5.41 Å². The van der Waals surface area contributed by atoms with Gasteiger partial charge in [-0.25, -0.2) is 0 Å². The van der Waals surface area contributed by atoms with E-state index in [0.717, 1.165) is 31.2 Å². The summed E-state index contributed by atoms with van der Waals surface area (Å²) in [6.45, 7) is 5.46. The lowest BCUT2D eigenvalue weighted by atomic mass is 9.72. The number of nitrogens with zero attached hydrogens (tertiary/aromatic N) is 3. The van der Waals surface area contributed by atoms with Crippen molar-refractivity contribution in [3.8, 4) is 0 Å². The first-order valence-corrected chi connectivity index (χ1v) is 5.99. The zero-order valence-corrected chi connectivity index (χ0v) is 9.65. The Morgan fingerprint density at radius 2 is 2.38 bits per heavy atom. The third kappa shape index (κ3) is 1.48. The van der Waals surface area contributed by atoms with E-state index in [2.05, 4.69) is 21.1 Å². The first-order chi connectivity index (χ1) is 7.82. The van der Waals surface area contributed by atoms with Crippen LogP contribution in [0.2, 0.25) is 0 Å². The largest absolute Gasteiger partial charge is 0.339 e. The normalized spacial score (nSPS) is 32.9. The summed E-state index contributed by atoms with van der Waals surface area (Å²) in [4.78, 5) is 6.98. The third-order valence-electron chi connectivity index (χ3n) is 3.64. The van der Waals surface area contributed by atoms with E-state index in [0.29, 0.717) is 0 Å². The third-order valence-corrected chi connectivity index (χ3v) is 3.64. The van der Waals surface area contributed by atoms with Crippen molar-refractivity contribution in [1.82, 2.24) is 15.0 Å². The van der Waals surface area contributed by atoms with Crippen LogP contribution in [-0.2, 0) is 11.8 Å². The molecule has 4 heterocycles. The predicted octanol–water partition coefficient (Wildman–Crippen LogP) is 1.54. The van der Waals surface area contributed by atoms with Gasteiger partial charge in [0.25, 0.3) is 0 Å². The van der Waals surface area contributed by atoms with Gasteiger partial charge in [-0.2, -0.15) is 4.98 Å². The molecule has 4 heteroatoms. The molecule has 0 atom stereocenters. The maximum atomic E-state index is 5.42. The van der Waals surface area contributed by atoms with Crippen LogP contribution in [0.4, 0.5) is 0 Å². The highest BCUT2D eigenvalue weighted by Gasteiger charge is 2.50. The number of piperidine rings is 2. The molecular weight excluding hydrogens is 202 g/mol. The van der Waals surface area contributed by atoms with Gasteiger partial charge in [0, 0.05) is 19.5 Å². The molecule has 0 amide bonds. The molecule has 86 valence electrons. The second kappa shape index (κ2) is 3.70. The average Bonchev–Trinajstić information content (AvgIpc) is 2.75. The topological polar surface area (TPSA) is 42.2 Å². The van der Waals surface area contributed by atoms with E-state index >= 15 is 0 Å². The minimum absolute atomic E-state index is 0.194. The van der Waals surface area contributed by atoms with Crippen LogP contribution in [0, 0.1) is 0 Å². The van der Waals surface area contributed by atoms with Gasteiger partial charge in [0.1, 0.15) is 0 Å². The highest BCUT2D eigenvalue weighted by atomic mass is 16.5. The molecule has 0 N–H and O–H groups in total. The second-order valence-corrected chi connectivity index (χ2v) is 4.88. The molecule has 0 unspecified atom stereocenters. The van der Waals surface area contributed by atoms with Crippen molar-refractivity contribution in [2.75, 3.05) is 19.6 Å². The zero-order chi connectivity index (χ0) is 11.0. The van der Waals surface area contributed by atoms with Gasteiger partial charge in [-0.15, -0.1) is 0 Å². The maximum Gasteiger partial charge on any atom is 0.235 e. The van der Waals surface area contributed by atoms with Gasteiger partial charge in [0.15, 0.2) is 5.82 Å². The van der Waals surface area contributed by atoms with E-state index < -0.39 is 0 Å². The Bertz CT molecular complexity index is 399. The number of aromatic nitrogens is 2. The van der Waals surface area contributed by atoms with Gasteiger partial charge in [-0.1, -0.05) is 17.3 Å². The summed E-state index contributed by atoms with van der Waals surface area (Å²) in [7, 11) is 0. The van der Waals surface area contributed by atoms with Crippen molar-refractivity contribution in [3.05, 3.63) is 23.9 Å². The standard InChI is InChI=1S/C12H17N3O/c1-2-3-5-10-13-11(16-14-10)12-6-4-7-15(8-12)9-12/h2-3H,4-9H2,1H3/b3-2+.